The maximum absolute atomic E-state index is 12.0. The standard InChI is InChI=1S/C19H10N4O4/c24-18-19(25)27-17-14-12(21-16(22-17)11-4-2-1-3-5-11)6-7-13(15(14)26-18)23-9-8-20-10-23/h1-10H. The van der Waals surface area contributed by atoms with Crippen molar-refractivity contribution < 1.29 is 19.1 Å². The molecular formula is C19H10N4O4. The molecule has 2 aromatic carbocycles. The molecule has 0 amide bonds. The van der Waals surface area contributed by atoms with Crippen LogP contribution >= 0.6 is 0 Å². The summed E-state index contributed by atoms with van der Waals surface area (Å²) in [7, 11) is 0. The average Bonchev–Trinajstić information content (AvgIpc) is 3.19. The molecule has 0 unspecified atom stereocenters. The highest BCUT2D eigenvalue weighted by atomic mass is 16.6. The molecule has 27 heavy (non-hydrogen) atoms. The Morgan fingerprint density at radius 1 is 0.889 bits per heavy atom. The minimum atomic E-state index is -1.14. The number of hydrogen-bond donors (Lipinski definition) is 0. The lowest BCUT2D eigenvalue weighted by atomic mass is 10.1. The third-order valence-corrected chi connectivity index (χ3v) is 4.13. The van der Waals surface area contributed by atoms with Gasteiger partial charge in [0.15, 0.2) is 11.6 Å². The van der Waals surface area contributed by atoms with Crippen LogP contribution in [0.1, 0.15) is 0 Å². The molecule has 8 heteroatoms. The third-order valence-electron chi connectivity index (χ3n) is 4.13. The number of imidazole rings is 1. The Kier molecular flexibility index (Phi) is 3.23. The number of aromatic nitrogens is 4. The van der Waals surface area contributed by atoms with E-state index >= 15 is 0 Å². The van der Waals surface area contributed by atoms with Gasteiger partial charge in [0.25, 0.3) is 0 Å². The molecule has 0 atom stereocenters. The lowest BCUT2D eigenvalue weighted by Crippen LogP contribution is -2.24. The summed E-state index contributed by atoms with van der Waals surface area (Å²) in [6.45, 7) is 0. The van der Waals surface area contributed by atoms with Crippen LogP contribution in [0.4, 0.5) is 0 Å². The summed E-state index contributed by atoms with van der Waals surface area (Å²) in [6, 6.07) is 12.7. The zero-order chi connectivity index (χ0) is 18.4. The molecule has 5 rings (SSSR count). The van der Waals surface area contributed by atoms with Gasteiger partial charge in [-0.2, -0.15) is 4.98 Å². The largest absolute Gasteiger partial charge is 0.424 e. The normalized spacial score (nSPS) is 13.2. The summed E-state index contributed by atoms with van der Waals surface area (Å²) in [6.07, 6.45) is 4.84. The van der Waals surface area contributed by atoms with E-state index in [-0.39, 0.29) is 11.6 Å². The van der Waals surface area contributed by atoms with Crippen molar-refractivity contribution >= 4 is 22.8 Å². The second-order valence-electron chi connectivity index (χ2n) is 5.78. The third kappa shape index (κ3) is 2.43. The molecule has 0 aliphatic carbocycles. The first-order valence-corrected chi connectivity index (χ1v) is 8.03. The summed E-state index contributed by atoms with van der Waals surface area (Å²) in [5.41, 5.74) is 1.76. The molecular weight excluding hydrogens is 348 g/mol. The summed E-state index contributed by atoms with van der Waals surface area (Å²) in [5, 5.41) is 0.347. The monoisotopic (exact) mass is 358 g/mol. The predicted octanol–water partition coefficient (Wildman–Crippen LogP) is 2.31. The number of carbonyl (C=O) groups excluding carboxylic acids is 2. The van der Waals surface area contributed by atoms with Crippen LogP contribution in [0.15, 0.2) is 61.2 Å². The second kappa shape index (κ2) is 5.73. The molecule has 0 saturated carbocycles. The Balaban J connectivity index is 1.82. The smallest absolute Gasteiger partial charge is 0.415 e. The van der Waals surface area contributed by atoms with Crippen LogP contribution in [0.25, 0.3) is 28.0 Å². The molecule has 130 valence electrons. The highest BCUT2D eigenvalue weighted by molar-refractivity contribution is 6.32. The van der Waals surface area contributed by atoms with Gasteiger partial charge in [-0.05, 0) is 12.1 Å². The van der Waals surface area contributed by atoms with E-state index in [0.717, 1.165) is 5.56 Å². The number of rotatable bonds is 2. The number of nitrogens with zero attached hydrogens (tertiary/aromatic N) is 4. The first-order valence-electron chi connectivity index (χ1n) is 8.03. The lowest BCUT2D eigenvalue weighted by molar-refractivity contribution is -0.155. The highest BCUT2D eigenvalue weighted by Crippen LogP contribution is 2.39. The Morgan fingerprint density at radius 2 is 1.70 bits per heavy atom. The molecule has 0 fully saturated rings. The van der Waals surface area contributed by atoms with Crippen molar-refractivity contribution in [3.63, 3.8) is 0 Å². The zero-order valence-electron chi connectivity index (χ0n) is 13.7. The Labute approximate surface area is 152 Å². The Bertz CT molecular complexity index is 1200. The number of carbonyl (C=O) groups is 2. The van der Waals surface area contributed by atoms with E-state index in [0.29, 0.717) is 22.4 Å². The summed E-state index contributed by atoms with van der Waals surface area (Å²) < 4.78 is 12.1. The molecule has 3 heterocycles. The average molecular weight is 358 g/mol. The van der Waals surface area contributed by atoms with Gasteiger partial charge in [-0.25, -0.2) is 19.6 Å². The quantitative estimate of drug-likeness (QED) is 0.308. The van der Waals surface area contributed by atoms with Crippen LogP contribution in [0.3, 0.4) is 0 Å². The zero-order valence-corrected chi connectivity index (χ0v) is 13.7. The molecule has 8 nitrogen and oxygen atoms in total. The van der Waals surface area contributed by atoms with Gasteiger partial charge in [-0.15, -0.1) is 0 Å². The van der Waals surface area contributed by atoms with E-state index in [4.69, 9.17) is 9.47 Å². The van der Waals surface area contributed by atoms with Gasteiger partial charge < -0.3 is 14.0 Å². The molecule has 0 spiro atoms. The van der Waals surface area contributed by atoms with Gasteiger partial charge in [0.05, 0.1) is 17.5 Å². The molecule has 1 aliphatic rings. The summed E-state index contributed by atoms with van der Waals surface area (Å²) >= 11 is 0. The van der Waals surface area contributed by atoms with Crippen molar-refractivity contribution in [3.8, 4) is 28.7 Å². The molecule has 4 aromatic rings. The van der Waals surface area contributed by atoms with Gasteiger partial charge in [0.1, 0.15) is 5.39 Å². The second-order valence-corrected chi connectivity index (χ2v) is 5.78. The SMILES string of the molecule is O=C1Oc2nc(-c3ccccc3)nc3ccc(-n4ccnc4)c(c23)OC1=O. The number of esters is 2. The topological polar surface area (TPSA) is 96.2 Å². The summed E-state index contributed by atoms with van der Waals surface area (Å²) in [4.78, 5) is 36.9. The van der Waals surface area contributed by atoms with Crippen LogP contribution in [0.5, 0.6) is 11.6 Å². The van der Waals surface area contributed by atoms with E-state index in [9.17, 15) is 9.59 Å². The number of ether oxygens (including phenoxy) is 2. The van der Waals surface area contributed by atoms with Crippen molar-refractivity contribution in [1.29, 1.82) is 0 Å². The molecule has 0 saturated heterocycles. The lowest BCUT2D eigenvalue weighted by Gasteiger charge is -2.12. The van der Waals surface area contributed by atoms with Gasteiger partial charge in [-0.3, -0.25) is 0 Å². The minimum absolute atomic E-state index is 0.0216. The van der Waals surface area contributed by atoms with Crippen molar-refractivity contribution in [2.75, 3.05) is 0 Å². The van der Waals surface area contributed by atoms with E-state index < -0.39 is 11.9 Å². The van der Waals surface area contributed by atoms with Crippen LogP contribution in [0, 0.1) is 0 Å². The van der Waals surface area contributed by atoms with Crippen molar-refractivity contribution in [2.45, 2.75) is 0 Å². The van der Waals surface area contributed by atoms with E-state index in [1.807, 2.05) is 30.3 Å². The van der Waals surface area contributed by atoms with Gasteiger partial charge in [0.2, 0.25) is 5.88 Å². The van der Waals surface area contributed by atoms with Gasteiger partial charge in [-0.1, -0.05) is 30.3 Å². The van der Waals surface area contributed by atoms with Crippen LogP contribution < -0.4 is 9.47 Å². The predicted molar refractivity (Wildman–Crippen MR) is 93.4 cm³/mol. The number of hydrogen-bond acceptors (Lipinski definition) is 7. The summed E-state index contributed by atoms with van der Waals surface area (Å²) in [5.74, 6) is -1.76. The molecule has 0 bridgehead atoms. The van der Waals surface area contributed by atoms with Gasteiger partial charge in [0, 0.05) is 18.0 Å². The van der Waals surface area contributed by atoms with Crippen molar-refractivity contribution in [1.82, 2.24) is 19.5 Å². The molecule has 2 aromatic heterocycles. The molecule has 0 N–H and O–H groups in total. The van der Waals surface area contributed by atoms with Crippen molar-refractivity contribution in [3.05, 3.63) is 61.2 Å². The maximum atomic E-state index is 12.0. The van der Waals surface area contributed by atoms with E-state index in [1.165, 1.54) is 0 Å². The first kappa shape index (κ1) is 15.2. The first-order chi connectivity index (χ1) is 13.2. The maximum Gasteiger partial charge on any atom is 0.424 e. The van der Waals surface area contributed by atoms with Crippen LogP contribution in [-0.4, -0.2) is 31.5 Å². The van der Waals surface area contributed by atoms with Crippen molar-refractivity contribution in [2.24, 2.45) is 0 Å². The fourth-order valence-corrected chi connectivity index (χ4v) is 2.91. The Hall–Kier alpha value is -4.07. The van der Waals surface area contributed by atoms with Crippen LogP contribution in [-0.2, 0) is 9.59 Å². The fourth-order valence-electron chi connectivity index (χ4n) is 2.91. The molecule has 1 aliphatic heterocycles. The van der Waals surface area contributed by atoms with Crippen LogP contribution in [0.2, 0.25) is 0 Å². The fraction of sp³-hybridized carbons (Fsp3) is 0. The van der Waals surface area contributed by atoms with E-state index in [2.05, 4.69) is 15.0 Å². The minimum Gasteiger partial charge on any atom is -0.415 e. The highest BCUT2D eigenvalue weighted by Gasteiger charge is 2.31. The van der Waals surface area contributed by atoms with Gasteiger partial charge >= 0.3 is 11.9 Å². The number of benzene rings is 2. The Morgan fingerprint density at radius 3 is 2.48 bits per heavy atom. The van der Waals surface area contributed by atoms with E-state index in [1.54, 1.807) is 35.4 Å². The molecule has 0 radical (unpaired) electrons.